The summed E-state index contributed by atoms with van der Waals surface area (Å²) in [6, 6.07) is 4.05. The Labute approximate surface area is 133 Å². The Morgan fingerprint density at radius 3 is 2.52 bits per heavy atom. The minimum atomic E-state index is -0.718. The van der Waals surface area contributed by atoms with Gasteiger partial charge in [0.25, 0.3) is 5.91 Å². The first-order valence-corrected chi connectivity index (χ1v) is 7.64. The molecule has 0 radical (unpaired) electrons. The molecule has 1 aliphatic heterocycles. The van der Waals surface area contributed by atoms with E-state index in [1.807, 2.05) is 0 Å². The number of nitrogens with one attached hydrogen (secondary N) is 1. The maximum absolute atomic E-state index is 13.0. The summed E-state index contributed by atoms with van der Waals surface area (Å²) in [6.07, 6.45) is 2.22. The predicted octanol–water partition coefficient (Wildman–Crippen LogP) is 1.51. The topological polar surface area (TPSA) is 69.7 Å². The second-order valence-electron chi connectivity index (χ2n) is 5.98. The number of urea groups is 1. The molecular weight excluding hydrogens is 301 g/mol. The lowest BCUT2D eigenvalue weighted by atomic mass is 10.2. The van der Waals surface area contributed by atoms with Gasteiger partial charge in [0.15, 0.2) is 0 Å². The number of benzene rings is 1. The Kier molecular flexibility index (Phi) is 4.02. The van der Waals surface area contributed by atoms with Gasteiger partial charge in [-0.3, -0.25) is 19.4 Å². The summed E-state index contributed by atoms with van der Waals surface area (Å²) in [7, 11) is 0. The fraction of sp³-hybridized carbons (Fsp3) is 0.438. The normalized spacial score (nSPS) is 21.0. The Morgan fingerprint density at radius 1 is 1.26 bits per heavy atom. The van der Waals surface area contributed by atoms with E-state index in [0.29, 0.717) is 18.2 Å². The number of hydrogen-bond acceptors (Lipinski definition) is 3. The van der Waals surface area contributed by atoms with Crippen molar-refractivity contribution in [3.8, 4) is 0 Å². The molecule has 0 unspecified atom stereocenters. The summed E-state index contributed by atoms with van der Waals surface area (Å²) in [4.78, 5) is 38.8. The SMILES string of the molecule is C[C@H]1C(=O)N(CC(=O)NCC2CC2)C(=O)N1c1ccc(F)cc1. The van der Waals surface area contributed by atoms with E-state index in [1.165, 1.54) is 29.2 Å². The summed E-state index contributed by atoms with van der Waals surface area (Å²) in [5, 5.41) is 2.74. The van der Waals surface area contributed by atoms with Crippen LogP contribution in [0.3, 0.4) is 0 Å². The number of amides is 4. The molecule has 2 aliphatic rings. The van der Waals surface area contributed by atoms with Gasteiger partial charge in [0.05, 0.1) is 0 Å². The number of nitrogens with zero attached hydrogens (tertiary/aromatic N) is 2. The average Bonchev–Trinajstić information content (AvgIpc) is 3.33. The van der Waals surface area contributed by atoms with Crippen molar-refractivity contribution < 1.29 is 18.8 Å². The molecule has 3 rings (SSSR count). The number of carbonyl (C=O) groups is 3. The summed E-state index contributed by atoms with van der Waals surface area (Å²) in [5.74, 6) is -0.665. The first-order valence-electron chi connectivity index (χ1n) is 7.64. The van der Waals surface area contributed by atoms with E-state index in [2.05, 4.69) is 5.32 Å². The quantitative estimate of drug-likeness (QED) is 0.836. The molecule has 1 atom stereocenters. The van der Waals surface area contributed by atoms with E-state index in [-0.39, 0.29) is 12.5 Å². The zero-order valence-electron chi connectivity index (χ0n) is 12.8. The van der Waals surface area contributed by atoms with Crippen LogP contribution >= 0.6 is 0 Å². The largest absolute Gasteiger partial charge is 0.354 e. The molecule has 1 saturated heterocycles. The van der Waals surface area contributed by atoms with Gasteiger partial charge in [0.1, 0.15) is 18.4 Å². The number of imide groups is 1. The number of halogens is 1. The van der Waals surface area contributed by atoms with Gasteiger partial charge in [-0.05, 0) is 49.9 Å². The smallest absolute Gasteiger partial charge is 0.332 e. The maximum atomic E-state index is 13.0. The lowest BCUT2D eigenvalue weighted by Crippen LogP contribution is -2.42. The molecule has 6 nitrogen and oxygen atoms in total. The Balaban J connectivity index is 1.69. The zero-order chi connectivity index (χ0) is 16.6. The van der Waals surface area contributed by atoms with Crippen molar-refractivity contribution in [2.24, 2.45) is 5.92 Å². The van der Waals surface area contributed by atoms with Gasteiger partial charge in [-0.15, -0.1) is 0 Å². The van der Waals surface area contributed by atoms with Crippen molar-refractivity contribution >= 4 is 23.5 Å². The Hall–Kier alpha value is -2.44. The van der Waals surface area contributed by atoms with Crippen LogP contribution in [0.5, 0.6) is 0 Å². The van der Waals surface area contributed by atoms with Crippen molar-refractivity contribution in [1.29, 1.82) is 0 Å². The molecule has 0 bridgehead atoms. The van der Waals surface area contributed by atoms with Crippen LogP contribution in [0.15, 0.2) is 24.3 Å². The van der Waals surface area contributed by atoms with Gasteiger partial charge in [0, 0.05) is 12.2 Å². The van der Waals surface area contributed by atoms with E-state index in [4.69, 9.17) is 0 Å². The highest BCUT2D eigenvalue weighted by molar-refractivity contribution is 6.15. The molecule has 4 amide bonds. The van der Waals surface area contributed by atoms with Crippen molar-refractivity contribution in [2.45, 2.75) is 25.8 Å². The van der Waals surface area contributed by atoms with E-state index in [1.54, 1.807) is 6.92 Å². The van der Waals surface area contributed by atoms with E-state index >= 15 is 0 Å². The maximum Gasteiger partial charge on any atom is 0.332 e. The number of rotatable bonds is 5. The van der Waals surface area contributed by atoms with Crippen LogP contribution in [0.1, 0.15) is 19.8 Å². The lowest BCUT2D eigenvalue weighted by Gasteiger charge is -2.19. The van der Waals surface area contributed by atoms with Crippen LogP contribution in [0.2, 0.25) is 0 Å². The van der Waals surface area contributed by atoms with Crippen LogP contribution in [-0.4, -0.2) is 41.9 Å². The summed E-state index contributed by atoms with van der Waals surface area (Å²) in [5.41, 5.74) is 0.429. The number of hydrogen-bond donors (Lipinski definition) is 1. The summed E-state index contributed by atoms with van der Waals surface area (Å²) in [6.45, 7) is 1.89. The van der Waals surface area contributed by atoms with Gasteiger partial charge < -0.3 is 5.32 Å². The molecule has 0 spiro atoms. The Bertz CT molecular complexity index is 642. The first kappa shape index (κ1) is 15.5. The van der Waals surface area contributed by atoms with Crippen LogP contribution in [0.4, 0.5) is 14.9 Å². The number of anilines is 1. The zero-order valence-corrected chi connectivity index (χ0v) is 12.8. The molecule has 1 aliphatic carbocycles. The molecule has 1 N–H and O–H groups in total. The predicted molar refractivity (Wildman–Crippen MR) is 81.2 cm³/mol. The second-order valence-corrected chi connectivity index (χ2v) is 5.98. The lowest BCUT2D eigenvalue weighted by molar-refractivity contribution is -0.131. The van der Waals surface area contributed by atoms with E-state index < -0.39 is 23.8 Å². The molecule has 1 aromatic carbocycles. The summed E-state index contributed by atoms with van der Waals surface area (Å²) < 4.78 is 13.0. The van der Waals surface area contributed by atoms with Gasteiger partial charge >= 0.3 is 6.03 Å². The third-order valence-corrected chi connectivity index (χ3v) is 4.14. The Morgan fingerprint density at radius 2 is 1.91 bits per heavy atom. The van der Waals surface area contributed by atoms with Crippen molar-refractivity contribution in [2.75, 3.05) is 18.0 Å². The van der Waals surface area contributed by atoms with E-state index in [0.717, 1.165) is 17.7 Å². The minimum absolute atomic E-state index is 0.285. The van der Waals surface area contributed by atoms with Crippen LogP contribution < -0.4 is 10.2 Å². The van der Waals surface area contributed by atoms with Crippen LogP contribution in [-0.2, 0) is 9.59 Å². The second kappa shape index (κ2) is 5.98. The molecule has 2 fully saturated rings. The number of carbonyl (C=O) groups excluding carboxylic acids is 3. The van der Waals surface area contributed by atoms with Gasteiger partial charge in [-0.25, -0.2) is 9.18 Å². The molecule has 0 aromatic heterocycles. The van der Waals surface area contributed by atoms with Crippen molar-refractivity contribution in [3.05, 3.63) is 30.1 Å². The first-order chi connectivity index (χ1) is 11.0. The molecule has 23 heavy (non-hydrogen) atoms. The average molecular weight is 319 g/mol. The standard InChI is InChI=1S/C16H18FN3O3/c1-10-15(22)19(9-14(21)18-8-11-2-3-11)16(23)20(10)13-6-4-12(17)5-7-13/h4-7,10-11H,2-3,8-9H2,1H3,(H,18,21)/t10-/m0/s1. The van der Waals surface area contributed by atoms with Crippen LogP contribution in [0.25, 0.3) is 0 Å². The molecule has 122 valence electrons. The highest BCUT2D eigenvalue weighted by Crippen LogP contribution is 2.28. The fourth-order valence-electron chi connectivity index (χ4n) is 2.59. The summed E-state index contributed by atoms with van der Waals surface area (Å²) >= 11 is 0. The molecule has 7 heteroatoms. The van der Waals surface area contributed by atoms with Gasteiger partial charge in [0.2, 0.25) is 5.91 Å². The monoisotopic (exact) mass is 319 g/mol. The molecular formula is C16H18FN3O3. The molecule has 1 aromatic rings. The van der Waals surface area contributed by atoms with E-state index in [9.17, 15) is 18.8 Å². The van der Waals surface area contributed by atoms with Gasteiger partial charge in [-0.2, -0.15) is 0 Å². The molecule has 1 saturated carbocycles. The highest BCUT2D eigenvalue weighted by Gasteiger charge is 2.44. The third kappa shape index (κ3) is 3.18. The minimum Gasteiger partial charge on any atom is -0.354 e. The van der Waals surface area contributed by atoms with Crippen molar-refractivity contribution in [1.82, 2.24) is 10.2 Å². The highest BCUT2D eigenvalue weighted by atomic mass is 19.1. The third-order valence-electron chi connectivity index (χ3n) is 4.14. The molecule has 1 heterocycles. The van der Waals surface area contributed by atoms with Crippen molar-refractivity contribution in [3.63, 3.8) is 0 Å². The fourth-order valence-corrected chi connectivity index (χ4v) is 2.59. The van der Waals surface area contributed by atoms with Gasteiger partial charge in [-0.1, -0.05) is 0 Å². The van der Waals surface area contributed by atoms with Crippen LogP contribution in [0, 0.1) is 11.7 Å².